The number of amides is 3. The van der Waals surface area contributed by atoms with Crippen LogP contribution in [0.15, 0.2) is 0 Å². The Morgan fingerprint density at radius 1 is 1.02 bits per heavy atom. The molecule has 3 amide bonds. The number of nitrogens with one attached hydrogen (secondary N) is 3. The van der Waals surface area contributed by atoms with Gasteiger partial charge >= 0.3 is 5.97 Å². The van der Waals surface area contributed by atoms with Crippen LogP contribution in [0.25, 0.3) is 0 Å². The third-order valence-corrected chi connectivity index (χ3v) is 7.77. The Hall–Kier alpha value is -2.32. The lowest BCUT2D eigenvalue weighted by molar-refractivity contribution is -0.278. The molecule has 8 atom stereocenters. The molecule has 0 spiro atoms. The number of ether oxygens (including phenoxy) is 2. The zero-order valence-corrected chi connectivity index (χ0v) is 23.7. The third-order valence-electron chi connectivity index (χ3n) is 7.77. The summed E-state index contributed by atoms with van der Waals surface area (Å²) in [4.78, 5) is 49.1. The molecule has 0 aromatic rings. The maximum Gasteiger partial charge on any atom is 0.326 e. The number of aliphatic hydroxyl groups excluding tert-OH is 3. The fourth-order valence-corrected chi connectivity index (χ4v) is 5.13. The SMILES string of the molecule is C[C@H](NC(=O)[C@@H](C)O[C@H]1C(O)C(CO)OC(O)[C@H]1C)C(=O)N[C@H](CCC(=O)NCCCC1CCCCC1)C(=O)O. The molecule has 1 aliphatic carbocycles. The van der Waals surface area contributed by atoms with E-state index < -0.39 is 73.1 Å². The number of aliphatic carboxylic acids is 1. The largest absolute Gasteiger partial charge is 0.480 e. The van der Waals surface area contributed by atoms with E-state index in [2.05, 4.69) is 16.0 Å². The Labute approximate surface area is 235 Å². The molecule has 2 rings (SSSR count). The Bertz CT molecular complexity index is 837. The minimum Gasteiger partial charge on any atom is -0.480 e. The van der Waals surface area contributed by atoms with E-state index >= 15 is 0 Å². The summed E-state index contributed by atoms with van der Waals surface area (Å²) < 4.78 is 10.8. The monoisotopic (exact) mass is 573 g/mol. The number of carbonyl (C=O) groups is 4. The van der Waals surface area contributed by atoms with Crippen LogP contribution in [0, 0.1) is 11.8 Å². The molecule has 3 unspecified atom stereocenters. The van der Waals surface area contributed by atoms with E-state index in [1.807, 2.05) is 0 Å². The number of rotatable bonds is 15. The van der Waals surface area contributed by atoms with Crippen molar-refractivity contribution in [3.8, 4) is 0 Å². The molecule has 230 valence electrons. The van der Waals surface area contributed by atoms with E-state index in [-0.39, 0.29) is 18.7 Å². The average molecular weight is 574 g/mol. The molecule has 1 heterocycles. The van der Waals surface area contributed by atoms with E-state index in [0.29, 0.717) is 6.54 Å². The highest BCUT2D eigenvalue weighted by atomic mass is 16.6. The van der Waals surface area contributed by atoms with Crippen LogP contribution in [0.4, 0.5) is 0 Å². The highest BCUT2D eigenvalue weighted by Gasteiger charge is 2.44. The molecule has 2 aliphatic rings. The van der Waals surface area contributed by atoms with Gasteiger partial charge in [-0.05, 0) is 39.0 Å². The topological polar surface area (TPSA) is 204 Å². The molecule has 0 aromatic heterocycles. The summed E-state index contributed by atoms with van der Waals surface area (Å²) in [5.41, 5.74) is 0. The minimum absolute atomic E-state index is 0.0708. The Morgan fingerprint density at radius 3 is 2.33 bits per heavy atom. The average Bonchev–Trinajstić information content (AvgIpc) is 2.93. The molecule has 2 fully saturated rings. The maximum atomic E-state index is 12.6. The van der Waals surface area contributed by atoms with E-state index in [1.54, 1.807) is 6.92 Å². The van der Waals surface area contributed by atoms with Gasteiger partial charge in [0.1, 0.15) is 30.4 Å². The van der Waals surface area contributed by atoms with E-state index in [1.165, 1.54) is 46.0 Å². The molecule has 7 N–H and O–H groups in total. The Morgan fingerprint density at radius 2 is 1.70 bits per heavy atom. The van der Waals surface area contributed by atoms with Crippen molar-refractivity contribution >= 4 is 23.7 Å². The molecule has 0 aromatic carbocycles. The lowest BCUT2D eigenvalue weighted by atomic mass is 9.86. The summed E-state index contributed by atoms with van der Waals surface area (Å²) in [7, 11) is 0. The summed E-state index contributed by atoms with van der Waals surface area (Å²) in [6.45, 7) is 4.29. The van der Waals surface area contributed by atoms with Crippen molar-refractivity contribution in [2.75, 3.05) is 13.2 Å². The summed E-state index contributed by atoms with van der Waals surface area (Å²) in [5.74, 6) is -3.03. The predicted octanol–water partition coefficient (Wildman–Crippen LogP) is -0.202. The van der Waals surface area contributed by atoms with Gasteiger partial charge in [0.15, 0.2) is 6.29 Å². The molecular weight excluding hydrogens is 526 g/mol. The summed E-state index contributed by atoms with van der Waals surface area (Å²) >= 11 is 0. The van der Waals surface area contributed by atoms with Gasteiger partial charge < -0.3 is 45.9 Å². The minimum atomic E-state index is -1.32. The van der Waals surface area contributed by atoms with Crippen LogP contribution in [0.3, 0.4) is 0 Å². The second-order valence-electron chi connectivity index (χ2n) is 11.0. The van der Waals surface area contributed by atoms with Gasteiger partial charge in [-0.15, -0.1) is 0 Å². The van der Waals surface area contributed by atoms with Crippen molar-refractivity contribution in [1.29, 1.82) is 0 Å². The van der Waals surface area contributed by atoms with E-state index in [0.717, 1.165) is 18.8 Å². The first-order valence-corrected chi connectivity index (χ1v) is 14.3. The second kappa shape index (κ2) is 16.8. The van der Waals surface area contributed by atoms with Gasteiger partial charge in [0.05, 0.1) is 12.7 Å². The number of hydrogen-bond acceptors (Lipinski definition) is 9. The van der Waals surface area contributed by atoms with Crippen molar-refractivity contribution in [2.24, 2.45) is 11.8 Å². The summed E-state index contributed by atoms with van der Waals surface area (Å²) in [6, 6.07) is -2.44. The molecule has 40 heavy (non-hydrogen) atoms. The highest BCUT2D eigenvalue weighted by molar-refractivity contribution is 5.91. The number of aliphatic hydroxyl groups is 3. The molecule has 1 saturated heterocycles. The van der Waals surface area contributed by atoms with Crippen molar-refractivity contribution in [3.05, 3.63) is 0 Å². The van der Waals surface area contributed by atoms with Crippen LogP contribution in [0.1, 0.15) is 78.6 Å². The first kappa shape index (κ1) is 33.9. The smallest absolute Gasteiger partial charge is 0.326 e. The van der Waals surface area contributed by atoms with Gasteiger partial charge in [-0.2, -0.15) is 0 Å². The van der Waals surface area contributed by atoms with Crippen LogP contribution in [0.5, 0.6) is 0 Å². The first-order chi connectivity index (χ1) is 18.9. The zero-order chi connectivity index (χ0) is 29.8. The number of carboxylic acids is 1. The normalized spacial score (nSPS) is 27.7. The van der Waals surface area contributed by atoms with E-state index in [4.69, 9.17) is 9.47 Å². The standard InChI is InChI=1S/C27H47N3O10/c1-15-23(22(33)20(14-31)40-27(15)38)39-17(3)25(35)29-16(2)24(34)30-19(26(36)37)11-12-21(32)28-13-7-10-18-8-5-4-6-9-18/h15-20,22-23,27,31,33,38H,4-14H2,1-3H3,(H,28,32)(H,29,35)(H,30,34)(H,36,37)/t15-,16-,17+,19+,20?,22?,23+,27?/m0/s1. The molecule has 13 heteroatoms. The number of hydrogen-bond donors (Lipinski definition) is 7. The third kappa shape index (κ3) is 10.6. The van der Waals surface area contributed by atoms with Crippen LogP contribution in [-0.2, 0) is 28.7 Å². The van der Waals surface area contributed by atoms with Gasteiger partial charge in [0, 0.05) is 18.9 Å². The van der Waals surface area contributed by atoms with Gasteiger partial charge in [-0.3, -0.25) is 14.4 Å². The predicted molar refractivity (Wildman–Crippen MR) is 143 cm³/mol. The maximum absolute atomic E-state index is 12.6. The van der Waals surface area contributed by atoms with Crippen LogP contribution in [-0.4, -0.2) is 100 Å². The number of carbonyl (C=O) groups excluding carboxylic acids is 3. The van der Waals surface area contributed by atoms with Gasteiger partial charge in [0.25, 0.3) is 0 Å². The van der Waals surface area contributed by atoms with Crippen molar-refractivity contribution in [2.45, 2.75) is 121 Å². The fraction of sp³-hybridized carbons (Fsp3) is 0.852. The van der Waals surface area contributed by atoms with Crippen molar-refractivity contribution in [3.63, 3.8) is 0 Å². The summed E-state index contributed by atoms with van der Waals surface area (Å²) in [6.07, 6.45) is 2.20. The van der Waals surface area contributed by atoms with E-state index in [9.17, 15) is 39.6 Å². The summed E-state index contributed by atoms with van der Waals surface area (Å²) in [5, 5.41) is 46.8. The van der Waals surface area contributed by atoms with Crippen LogP contribution in [0.2, 0.25) is 0 Å². The molecule has 1 saturated carbocycles. The molecule has 13 nitrogen and oxygen atoms in total. The molecule has 1 aliphatic heterocycles. The molecule has 0 radical (unpaired) electrons. The number of carboxylic acid groups (broad SMARTS) is 1. The van der Waals surface area contributed by atoms with Gasteiger partial charge in [-0.25, -0.2) is 4.79 Å². The lowest BCUT2D eigenvalue weighted by Gasteiger charge is -2.41. The first-order valence-electron chi connectivity index (χ1n) is 14.3. The van der Waals surface area contributed by atoms with Gasteiger partial charge in [-0.1, -0.05) is 39.0 Å². The second-order valence-corrected chi connectivity index (χ2v) is 11.0. The molecule has 0 bridgehead atoms. The van der Waals surface area contributed by atoms with Crippen LogP contribution < -0.4 is 16.0 Å². The lowest BCUT2D eigenvalue weighted by Crippen LogP contribution is -2.58. The van der Waals surface area contributed by atoms with Crippen molar-refractivity contribution < 1.29 is 49.1 Å². The van der Waals surface area contributed by atoms with Crippen molar-refractivity contribution in [1.82, 2.24) is 16.0 Å². The fourth-order valence-electron chi connectivity index (χ4n) is 5.13. The Balaban J connectivity index is 1.75. The highest BCUT2D eigenvalue weighted by Crippen LogP contribution is 2.28. The van der Waals surface area contributed by atoms with Gasteiger partial charge in [0.2, 0.25) is 17.7 Å². The van der Waals surface area contributed by atoms with Crippen LogP contribution >= 0.6 is 0 Å². The molecular formula is C27H47N3O10. The quantitative estimate of drug-likeness (QED) is 0.129. The Kier molecular flexibility index (Phi) is 14.3. The zero-order valence-electron chi connectivity index (χ0n) is 23.7.